The molecule has 22 heavy (non-hydrogen) atoms. The molecule has 4 atom stereocenters. The Labute approximate surface area is 125 Å². The molecule has 1 aliphatic rings. The number of aliphatic hydroxyl groups is 1. The van der Waals surface area contributed by atoms with E-state index in [-0.39, 0.29) is 12.0 Å². The number of aromatic nitrogens is 2. The smallest absolute Gasteiger partial charge is 0.394 e. The lowest BCUT2D eigenvalue weighted by Gasteiger charge is -2.18. The summed E-state index contributed by atoms with van der Waals surface area (Å²) in [5.41, 5.74) is -0.950. The van der Waals surface area contributed by atoms with E-state index in [9.17, 15) is 24.2 Å². The number of aromatic amines is 1. The zero-order chi connectivity index (χ0) is 16.5. The number of phosphoric ester groups is 1. The van der Waals surface area contributed by atoms with Crippen molar-refractivity contribution in [3.8, 4) is 0 Å². The summed E-state index contributed by atoms with van der Waals surface area (Å²) in [4.78, 5) is 34.5. The Balaban J connectivity index is 2.25. The molecule has 0 saturated carbocycles. The number of phosphoric acid groups is 1. The van der Waals surface area contributed by atoms with Crippen LogP contribution in [0, 0.1) is 6.92 Å². The van der Waals surface area contributed by atoms with Gasteiger partial charge in [-0.2, -0.15) is 0 Å². The van der Waals surface area contributed by atoms with Crippen LogP contribution >= 0.6 is 7.82 Å². The van der Waals surface area contributed by atoms with Crippen molar-refractivity contribution in [3.63, 3.8) is 0 Å². The lowest BCUT2D eigenvalue weighted by atomic mass is 10.2. The highest BCUT2D eigenvalue weighted by Crippen LogP contribution is 2.47. The van der Waals surface area contributed by atoms with Crippen LogP contribution in [0.25, 0.3) is 0 Å². The SMILES string of the molecule is [B]OP(=O)(O)O[C@H]1C[C@@H](n2cc(C)c(=O)[nH]c2=O)OC1CO. The molecule has 0 spiro atoms. The van der Waals surface area contributed by atoms with Gasteiger partial charge in [0.1, 0.15) is 18.4 Å². The van der Waals surface area contributed by atoms with Gasteiger partial charge in [0, 0.05) is 18.2 Å². The monoisotopic (exact) mass is 332 g/mol. The number of aliphatic hydroxyl groups excluding tert-OH is 1. The van der Waals surface area contributed by atoms with E-state index in [0.717, 1.165) is 4.57 Å². The van der Waals surface area contributed by atoms with Crippen molar-refractivity contribution in [2.24, 2.45) is 0 Å². The number of ether oxygens (including phenoxy) is 1. The molecule has 1 fully saturated rings. The van der Waals surface area contributed by atoms with Gasteiger partial charge in [0.05, 0.1) is 6.61 Å². The maximum Gasteiger partial charge on any atom is 0.457 e. The first-order chi connectivity index (χ1) is 10.3. The van der Waals surface area contributed by atoms with E-state index in [1.807, 2.05) is 0 Å². The van der Waals surface area contributed by atoms with Gasteiger partial charge in [-0.05, 0) is 6.92 Å². The number of hydrogen-bond acceptors (Lipinski definition) is 7. The summed E-state index contributed by atoms with van der Waals surface area (Å²) in [7, 11) is 0.162. The summed E-state index contributed by atoms with van der Waals surface area (Å²) in [5.74, 6) is 0. The summed E-state index contributed by atoms with van der Waals surface area (Å²) in [6.07, 6.45) is -1.60. The van der Waals surface area contributed by atoms with E-state index in [2.05, 4.69) is 17.5 Å². The molecule has 10 nitrogen and oxygen atoms in total. The van der Waals surface area contributed by atoms with E-state index >= 15 is 0 Å². The van der Waals surface area contributed by atoms with Crippen molar-refractivity contribution in [1.82, 2.24) is 9.55 Å². The van der Waals surface area contributed by atoms with E-state index in [1.165, 1.54) is 13.1 Å². The van der Waals surface area contributed by atoms with Gasteiger partial charge in [0.25, 0.3) is 13.6 Å². The van der Waals surface area contributed by atoms with Crippen molar-refractivity contribution in [1.29, 1.82) is 0 Å². The zero-order valence-electron chi connectivity index (χ0n) is 11.5. The molecule has 2 heterocycles. The maximum absolute atomic E-state index is 11.8. The van der Waals surface area contributed by atoms with Crippen molar-refractivity contribution >= 4 is 15.9 Å². The minimum absolute atomic E-state index is 0.0233. The molecule has 3 N–H and O–H groups in total. The minimum atomic E-state index is -4.48. The molecule has 1 aliphatic heterocycles. The molecule has 2 unspecified atom stereocenters. The quantitative estimate of drug-likeness (QED) is 0.447. The standard InChI is InChI=1S/C10H14BN2O8P/c1-5-3-13(10(16)12-9(5)15)8-2-6(7(4-14)19-8)20-22(17,18)21-11/h3,6-8,14H,2,4H2,1H3,(H,17,18)(H,12,15,16)/t6-,7?,8-/m0/s1. The lowest BCUT2D eigenvalue weighted by Crippen LogP contribution is -2.33. The van der Waals surface area contributed by atoms with E-state index in [4.69, 9.17) is 9.26 Å². The third-order valence-corrected chi connectivity index (χ3v) is 4.02. The molecule has 0 aliphatic carbocycles. The lowest BCUT2D eigenvalue weighted by molar-refractivity contribution is -0.0449. The minimum Gasteiger partial charge on any atom is -0.394 e. The summed E-state index contributed by atoms with van der Waals surface area (Å²) >= 11 is 0. The topological polar surface area (TPSA) is 140 Å². The normalized spacial score (nSPS) is 27.7. The molecule has 120 valence electrons. The van der Waals surface area contributed by atoms with Crippen molar-refractivity contribution < 1.29 is 28.3 Å². The van der Waals surface area contributed by atoms with Crippen molar-refractivity contribution in [2.75, 3.05) is 6.61 Å². The Bertz CT molecular complexity index is 703. The average molecular weight is 332 g/mol. The summed E-state index contributed by atoms with van der Waals surface area (Å²) in [6.45, 7) is 0.994. The van der Waals surface area contributed by atoms with Crippen LogP contribution < -0.4 is 11.2 Å². The number of aryl methyl sites for hydroxylation is 1. The largest absolute Gasteiger partial charge is 0.457 e. The fourth-order valence-electron chi connectivity index (χ4n) is 2.14. The highest BCUT2D eigenvalue weighted by Gasteiger charge is 2.41. The predicted octanol–water partition coefficient (Wildman–Crippen LogP) is -1.29. The van der Waals surface area contributed by atoms with Crippen LogP contribution in [0.15, 0.2) is 15.8 Å². The highest BCUT2D eigenvalue weighted by molar-refractivity contribution is 7.48. The summed E-state index contributed by atoms with van der Waals surface area (Å²) in [5, 5.41) is 9.25. The number of nitrogens with one attached hydrogen (secondary N) is 1. The molecule has 1 saturated heterocycles. The molecule has 12 heteroatoms. The molecular formula is C10H14BN2O8P. The zero-order valence-corrected chi connectivity index (χ0v) is 12.4. The van der Waals surface area contributed by atoms with Gasteiger partial charge in [-0.1, -0.05) is 0 Å². The van der Waals surface area contributed by atoms with Gasteiger partial charge < -0.3 is 19.2 Å². The molecular weight excluding hydrogens is 318 g/mol. The highest BCUT2D eigenvalue weighted by atomic mass is 31.2. The van der Waals surface area contributed by atoms with Crippen LogP contribution in [-0.4, -0.2) is 46.4 Å². The average Bonchev–Trinajstić information content (AvgIpc) is 2.84. The molecule has 0 amide bonds. The maximum atomic E-state index is 11.8. The first-order valence-corrected chi connectivity index (χ1v) is 7.75. The molecule has 2 radical (unpaired) electrons. The van der Waals surface area contributed by atoms with Gasteiger partial charge in [-0.25, -0.2) is 9.36 Å². The Morgan fingerprint density at radius 1 is 1.59 bits per heavy atom. The van der Waals surface area contributed by atoms with Gasteiger partial charge in [-0.3, -0.25) is 18.9 Å². The second kappa shape index (κ2) is 6.49. The van der Waals surface area contributed by atoms with Crippen LogP contribution in [0.3, 0.4) is 0 Å². The first kappa shape index (κ1) is 17.1. The molecule has 0 bridgehead atoms. The van der Waals surface area contributed by atoms with Crippen molar-refractivity contribution in [3.05, 3.63) is 32.6 Å². The van der Waals surface area contributed by atoms with Gasteiger partial charge in [-0.15, -0.1) is 0 Å². The van der Waals surface area contributed by atoms with E-state index < -0.39 is 44.1 Å². The predicted molar refractivity (Wildman–Crippen MR) is 73.2 cm³/mol. The fraction of sp³-hybridized carbons (Fsp3) is 0.600. The number of hydrogen-bond donors (Lipinski definition) is 3. The van der Waals surface area contributed by atoms with Crippen molar-refractivity contribution in [2.45, 2.75) is 31.8 Å². The molecule has 1 aromatic rings. The van der Waals surface area contributed by atoms with Gasteiger partial charge >= 0.3 is 13.5 Å². The number of nitrogens with zero attached hydrogens (tertiary/aromatic N) is 1. The summed E-state index contributed by atoms with van der Waals surface area (Å²) < 4.78 is 26.5. The van der Waals surface area contributed by atoms with Crippen LogP contribution in [-0.2, 0) is 18.3 Å². The van der Waals surface area contributed by atoms with Crippen LogP contribution in [0.5, 0.6) is 0 Å². The number of rotatable bonds is 5. The molecule has 2 rings (SSSR count). The van der Waals surface area contributed by atoms with E-state index in [1.54, 1.807) is 0 Å². The Hall–Kier alpha value is -1.23. The van der Waals surface area contributed by atoms with E-state index in [0.29, 0.717) is 0 Å². The molecule has 1 aromatic heterocycles. The Morgan fingerprint density at radius 3 is 2.86 bits per heavy atom. The van der Waals surface area contributed by atoms with Gasteiger partial charge in [0.15, 0.2) is 0 Å². The second-order valence-electron chi connectivity index (χ2n) is 4.74. The third kappa shape index (κ3) is 3.57. The second-order valence-corrected chi connectivity index (χ2v) is 6.10. The van der Waals surface area contributed by atoms with Gasteiger partial charge in [0.2, 0.25) is 0 Å². The fourth-order valence-corrected chi connectivity index (χ4v) is 2.76. The van der Waals surface area contributed by atoms with Crippen LogP contribution in [0.1, 0.15) is 18.2 Å². The first-order valence-electron chi connectivity index (χ1n) is 6.25. The Morgan fingerprint density at radius 2 is 2.27 bits per heavy atom. The number of H-pyrrole nitrogens is 1. The Kier molecular flexibility index (Phi) is 5.05. The van der Waals surface area contributed by atoms with Crippen LogP contribution in [0.2, 0.25) is 0 Å². The third-order valence-electron chi connectivity index (χ3n) is 3.22. The van der Waals surface area contributed by atoms with Crippen LogP contribution in [0.4, 0.5) is 0 Å². The molecule has 0 aromatic carbocycles. The summed E-state index contributed by atoms with van der Waals surface area (Å²) in [6, 6.07) is 0.